The zero-order chi connectivity index (χ0) is 22.5. The van der Waals surface area contributed by atoms with Gasteiger partial charge in [0.1, 0.15) is 23.5 Å². The van der Waals surface area contributed by atoms with Gasteiger partial charge in [0.05, 0.1) is 11.6 Å². The highest BCUT2D eigenvalue weighted by Gasteiger charge is 2.20. The van der Waals surface area contributed by atoms with Gasteiger partial charge in [0, 0.05) is 11.3 Å². The van der Waals surface area contributed by atoms with E-state index >= 15 is 0 Å². The molecule has 0 aliphatic rings. The molecular weight excluding hydrogens is 409 g/mol. The van der Waals surface area contributed by atoms with Crippen molar-refractivity contribution in [3.63, 3.8) is 0 Å². The number of carbonyl (C=O) groups is 1. The Hall–Kier alpha value is -3.27. The molecule has 0 heterocycles. The number of benzene rings is 2. The van der Waals surface area contributed by atoms with E-state index in [1.807, 2.05) is 6.07 Å². The van der Waals surface area contributed by atoms with Gasteiger partial charge in [-0.15, -0.1) is 0 Å². The average molecular weight is 428 g/mol. The summed E-state index contributed by atoms with van der Waals surface area (Å²) in [6.45, 7) is 5.05. The fraction of sp³-hybridized carbons (Fsp3) is 0.286. The van der Waals surface area contributed by atoms with Crippen LogP contribution in [0.4, 0.5) is 9.18 Å². The lowest BCUT2D eigenvalue weighted by Crippen LogP contribution is -2.39. The topological polar surface area (TPSA) is 126 Å². The Balaban J connectivity index is 2.22. The number of nitriles is 2. The van der Waals surface area contributed by atoms with Crippen LogP contribution in [0, 0.1) is 28.5 Å². The van der Waals surface area contributed by atoms with Crippen LogP contribution in [0.5, 0.6) is 0 Å². The number of ether oxygens (including phenoxy) is 1. The Morgan fingerprint density at radius 3 is 2.40 bits per heavy atom. The van der Waals surface area contributed by atoms with Crippen LogP contribution in [0.1, 0.15) is 31.9 Å². The molecule has 0 aliphatic heterocycles. The van der Waals surface area contributed by atoms with Gasteiger partial charge in [0.2, 0.25) is 0 Å². The molecule has 9 heteroatoms. The fourth-order valence-corrected chi connectivity index (χ4v) is 3.14. The zero-order valence-electron chi connectivity index (χ0n) is 16.6. The van der Waals surface area contributed by atoms with Crippen molar-refractivity contribution in [3.8, 4) is 23.3 Å². The van der Waals surface area contributed by atoms with Gasteiger partial charge in [0.15, 0.2) is 0 Å². The molecule has 0 bridgehead atoms. The van der Waals surface area contributed by atoms with E-state index in [0.29, 0.717) is 11.1 Å². The molecule has 0 aromatic heterocycles. The van der Waals surface area contributed by atoms with Crippen LogP contribution >= 0.6 is 0 Å². The van der Waals surface area contributed by atoms with Crippen molar-refractivity contribution < 1.29 is 22.7 Å². The third-order valence-corrected chi connectivity index (χ3v) is 4.64. The lowest BCUT2D eigenvalue weighted by atomic mass is 9.99. The number of amides is 1. The maximum Gasteiger partial charge on any atom is 0.408 e. The predicted molar refractivity (Wildman–Crippen MR) is 106 cm³/mol. The minimum atomic E-state index is -2.61. The molecule has 2 atom stereocenters. The summed E-state index contributed by atoms with van der Waals surface area (Å²) in [6, 6.07) is 11.1. The number of alkyl carbamates (subject to hydrolysis) is 1. The SMILES string of the molecule is CC(C)(C)OC(=O)N[C@H](C#N)Cc1ccc(-c2ccc(C#N)c(S(=O)[O-])c2)cc1F. The van der Waals surface area contributed by atoms with Crippen LogP contribution in [0.15, 0.2) is 41.3 Å². The minimum Gasteiger partial charge on any atom is -0.768 e. The standard InChI is InChI=1S/C21H20FN3O4S/c1-21(2,3)29-20(26)25-17(12-24)8-15-6-4-13(9-18(15)22)14-5-7-16(11-23)19(10-14)30(27)28/h4-7,9-10,17H,8H2,1-3H3,(H,25,26)(H,27,28)/p-1/t17-/m0/s1. The minimum absolute atomic E-state index is 0.00532. The molecule has 30 heavy (non-hydrogen) atoms. The molecule has 2 aromatic rings. The number of hydrogen-bond donors (Lipinski definition) is 1. The smallest absolute Gasteiger partial charge is 0.408 e. The molecule has 0 aliphatic carbocycles. The number of carbonyl (C=O) groups excluding carboxylic acids is 1. The van der Waals surface area contributed by atoms with Gasteiger partial charge in [-0.25, -0.2) is 9.18 Å². The normalized spacial score (nSPS) is 12.9. The number of nitrogens with one attached hydrogen (secondary N) is 1. The molecule has 0 saturated heterocycles. The number of nitrogens with zero attached hydrogens (tertiary/aromatic N) is 2. The second kappa shape index (κ2) is 9.49. The summed E-state index contributed by atoms with van der Waals surface area (Å²) < 4.78 is 42.3. The summed E-state index contributed by atoms with van der Waals surface area (Å²) in [4.78, 5) is 11.7. The highest BCUT2D eigenvalue weighted by molar-refractivity contribution is 7.79. The second-order valence-electron chi connectivity index (χ2n) is 7.40. The van der Waals surface area contributed by atoms with Crippen LogP contribution in [0.2, 0.25) is 0 Å². The van der Waals surface area contributed by atoms with Crippen LogP contribution in [-0.2, 0) is 22.2 Å². The first-order valence-electron chi connectivity index (χ1n) is 8.85. The third-order valence-electron chi connectivity index (χ3n) is 3.94. The van der Waals surface area contributed by atoms with Crippen molar-refractivity contribution in [3.05, 3.63) is 53.3 Å². The summed E-state index contributed by atoms with van der Waals surface area (Å²) >= 11 is -2.61. The fourth-order valence-electron chi connectivity index (χ4n) is 2.62. The molecule has 0 fully saturated rings. The Kier molecular flexibility index (Phi) is 7.28. The maximum atomic E-state index is 14.6. The molecule has 2 aromatic carbocycles. The molecule has 0 saturated carbocycles. The van der Waals surface area contributed by atoms with Crippen molar-refractivity contribution in [1.82, 2.24) is 5.32 Å². The highest BCUT2D eigenvalue weighted by Crippen LogP contribution is 2.26. The van der Waals surface area contributed by atoms with Gasteiger partial charge in [-0.3, -0.25) is 4.21 Å². The van der Waals surface area contributed by atoms with Gasteiger partial charge in [-0.2, -0.15) is 10.5 Å². The van der Waals surface area contributed by atoms with E-state index in [1.165, 1.54) is 30.3 Å². The monoisotopic (exact) mass is 428 g/mol. The first-order valence-corrected chi connectivity index (χ1v) is 9.93. The Morgan fingerprint density at radius 1 is 1.23 bits per heavy atom. The Labute approximate surface area is 176 Å². The maximum absolute atomic E-state index is 14.6. The van der Waals surface area contributed by atoms with Gasteiger partial charge >= 0.3 is 6.09 Å². The molecule has 1 amide bonds. The van der Waals surface area contributed by atoms with Crippen molar-refractivity contribution in [1.29, 1.82) is 10.5 Å². The Bertz CT molecular complexity index is 1070. The van der Waals surface area contributed by atoms with Gasteiger partial charge < -0.3 is 14.6 Å². The predicted octanol–water partition coefficient (Wildman–Crippen LogP) is 3.56. The Morgan fingerprint density at radius 2 is 1.87 bits per heavy atom. The van der Waals surface area contributed by atoms with Gasteiger partial charge in [-0.1, -0.05) is 18.2 Å². The molecule has 2 rings (SSSR count). The van der Waals surface area contributed by atoms with Crippen LogP contribution < -0.4 is 5.32 Å². The van der Waals surface area contributed by atoms with Crippen molar-refractivity contribution in [2.45, 2.75) is 43.7 Å². The van der Waals surface area contributed by atoms with E-state index in [4.69, 9.17) is 10.00 Å². The number of hydrogen-bond acceptors (Lipinski definition) is 6. The van der Waals surface area contributed by atoms with Crippen molar-refractivity contribution in [2.75, 3.05) is 0 Å². The summed E-state index contributed by atoms with van der Waals surface area (Å²) in [5.74, 6) is -0.618. The third kappa shape index (κ3) is 6.11. The summed E-state index contributed by atoms with van der Waals surface area (Å²) in [5.41, 5.74) is 0.283. The largest absolute Gasteiger partial charge is 0.768 e. The quantitative estimate of drug-likeness (QED) is 0.726. The van der Waals surface area contributed by atoms with Gasteiger partial charge in [-0.05, 0) is 66.7 Å². The average Bonchev–Trinajstić information content (AvgIpc) is 2.66. The number of rotatable bonds is 5. The zero-order valence-corrected chi connectivity index (χ0v) is 17.4. The molecule has 7 nitrogen and oxygen atoms in total. The molecule has 156 valence electrons. The van der Waals surface area contributed by atoms with E-state index in [2.05, 4.69) is 5.32 Å². The highest BCUT2D eigenvalue weighted by atomic mass is 32.2. The first kappa shape index (κ1) is 23.0. The van der Waals surface area contributed by atoms with Crippen molar-refractivity contribution in [2.24, 2.45) is 0 Å². The molecule has 0 radical (unpaired) electrons. The van der Waals surface area contributed by atoms with Crippen molar-refractivity contribution >= 4 is 17.2 Å². The molecule has 1 unspecified atom stereocenters. The lowest BCUT2D eigenvalue weighted by molar-refractivity contribution is 0.0515. The molecular formula is C21H19FN3O4S-. The second-order valence-corrected chi connectivity index (χ2v) is 8.30. The van der Waals surface area contributed by atoms with E-state index in [-0.39, 0.29) is 22.4 Å². The van der Waals surface area contributed by atoms with Crippen LogP contribution in [-0.4, -0.2) is 26.5 Å². The van der Waals surface area contributed by atoms with Crippen LogP contribution in [0.25, 0.3) is 11.1 Å². The number of halogens is 1. The van der Waals surface area contributed by atoms with E-state index in [1.54, 1.807) is 32.9 Å². The van der Waals surface area contributed by atoms with E-state index in [9.17, 15) is 23.2 Å². The first-order chi connectivity index (χ1) is 14.0. The summed E-state index contributed by atoms with van der Waals surface area (Å²) in [6.07, 6.45) is -0.854. The van der Waals surface area contributed by atoms with E-state index < -0.39 is 34.6 Å². The molecule has 1 N–H and O–H groups in total. The van der Waals surface area contributed by atoms with Crippen LogP contribution in [0.3, 0.4) is 0 Å². The molecule has 0 spiro atoms. The van der Waals surface area contributed by atoms with Gasteiger partial charge in [0.25, 0.3) is 0 Å². The lowest BCUT2D eigenvalue weighted by Gasteiger charge is -2.21. The summed E-state index contributed by atoms with van der Waals surface area (Å²) in [5, 5.41) is 20.6. The summed E-state index contributed by atoms with van der Waals surface area (Å²) in [7, 11) is 0. The van der Waals surface area contributed by atoms with E-state index in [0.717, 1.165) is 0 Å².